The van der Waals surface area contributed by atoms with Gasteiger partial charge < -0.3 is 19.5 Å². The van der Waals surface area contributed by atoms with E-state index in [-0.39, 0.29) is 28.1 Å². The SMILES string of the molecule is COC(=O)c1cccnc1C(=O)N1CCC(CCC23CCC(CC(n4c(C)nc5ccccc54)C2)N3)(c2ccccc2)CC1. The van der Waals surface area contributed by atoms with Crippen molar-refractivity contribution in [3.8, 4) is 0 Å². The Balaban J connectivity index is 1.11. The van der Waals surface area contributed by atoms with Crippen molar-refractivity contribution in [2.24, 2.45) is 0 Å². The van der Waals surface area contributed by atoms with Crippen molar-refractivity contribution >= 4 is 22.9 Å². The Morgan fingerprint density at radius 2 is 1.75 bits per heavy atom. The minimum atomic E-state index is -0.539. The Morgan fingerprint density at radius 1 is 0.977 bits per heavy atom. The number of nitrogens with zero attached hydrogens (tertiary/aromatic N) is 4. The number of ether oxygens (including phenoxy) is 1. The topological polar surface area (TPSA) is 89.4 Å². The number of pyridine rings is 1. The highest BCUT2D eigenvalue weighted by atomic mass is 16.5. The first kappa shape index (κ1) is 28.7. The Bertz CT molecular complexity index is 1680. The smallest absolute Gasteiger partial charge is 0.340 e. The van der Waals surface area contributed by atoms with Gasteiger partial charge in [-0.3, -0.25) is 9.78 Å². The van der Waals surface area contributed by atoms with Gasteiger partial charge in [0.05, 0.1) is 23.7 Å². The zero-order chi connectivity index (χ0) is 30.3. The standard InChI is InChI=1S/C36H41N5O3/c1-25-38-30-12-6-7-13-31(30)41(25)28-23-27-14-15-36(24-28,39-27)17-16-35(26-9-4-3-5-10-26)18-21-40(22-19-35)33(42)32-29(34(43)44-2)11-8-20-37-32/h3-13,20,27-28,39H,14-19,21-24H2,1-2H3. The maximum absolute atomic E-state index is 13.6. The summed E-state index contributed by atoms with van der Waals surface area (Å²) in [5.41, 5.74) is 4.15. The molecule has 3 aliphatic heterocycles. The van der Waals surface area contributed by atoms with Crippen LogP contribution in [0.25, 0.3) is 11.0 Å². The van der Waals surface area contributed by atoms with Crippen molar-refractivity contribution in [2.75, 3.05) is 20.2 Å². The first-order valence-electron chi connectivity index (χ1n) is 16.0. The van der Waals surface area contributed by atoms with E-state index in [1.807, 2.05) is 4.90 Å². The van der Waals surface area contributed by atoms with Crippen LogP contribution in [0.5, 0.6) is 0 Å². The minimum Gasteiger partial charge on any atom is -0.465 e. The third-order valence-electron chi connectivity index (χ3n) is 10.7. The number of likely N-dealkylation sites (tertiary alicyclic amines) is 1. The molecule has 2 aromatic heterocycles. The van der Waals surface area contributed by atoms with Crippen molar-refractivity contribution in [1.29, 1.82) is 0 Å². The molecule has 2 aromatic carbocycles. The van der Waals surface area contributed by atoms with Gasteiger partial charge in [-0.25, -0.2) is 9.78 Å². The Morgan fingerprint density at radius 3 is 2.55 bits per heavy atom. The van der Waals surface area contributed by atoms with E-state index >= 15 is 0 Å². The number of para-hydroxylation sites is 2. The summed E-state index contributed by atoms with van der Waals surface area (Å²) in [6, 6.07) is 23.6. The fourth-order valence-corrected chi connectivity index (χ4v) is 8.44. The van der Waals surface area contributed by atoms with E-state index in [2.05, 4.69) is 76.4 Å². The molecule has 228 valence electrons. The largest absolute Gasteiger partial charge is 0.465 e. The number of amides is 1. The van der Waals surface area contributed by atoms with E-state index in [1.165, 1.54) is 31.0 Å². The van der Waals surface area contributed by atoms with E-state index in [0.29, 0.717) is 25.2 Å². The minimum absolute atomic E-state index is 0.0214. The molecule has 5 heterocycles. The summed E-state index contributed by atoms with van der Waals surface area (Å²) in [5.74, 6) is 0.363. The van der Waals surface area contributed by atoms with Crippen molar-refractivity contribution in [1.82, 2.24) is 24.8 Å². The molecule has 3 saturated heterocycles. The Hall–Kier alpha value is -4.04. The molecule has 0 aliphatic carbocycles. The molecule has 4 aromatic rings. The van der Waals surface area contributed by atoms with Gasteiger partial charge >= 0.3 is 5.97 Å². The highest BCUT2D eigenvalue weighted by Crippen LogP contribution is 2.48. The van der Waals surface area contributed by atoms with E-state index in [4.69, 9.17) is 9.72 Å². The second-order valence-corrected chi connectivity index (χ2v) is 13.1. The maximum atomic E-state index is 13.6. The number of piperidine rings is 2. The fraction of sp³-hybridized carbons (Fsp3) is 0.444. The van der Waals surface area contributed by atoms with Gasteiger partial charge in [0.2, 0.25) is 0 Å². The zero-order valence-corrected chi connectivity index (χ0v) is 25.7. The number of carbonyl (C=O) groups excluding carboxylic acids is 2. The number of hydrogen-bond donors (Lipinski definition) is 1. The highest BCUT2D eigenvalue weighted by Gasteiger charge is 2.48. The molecule has 0 saturated carbocycles. The predicted molar refractivity (Wildman–Crippen MR) is 170 cm³/mol. The van der Waals surface area contributed by atoms with Crippen molar-refractivity contribution in [3.63, 3.8) is 0 Å². The van der Waals surface area contributed by atoms with Crippen LogP contribution in [0.15, 0.2) is 72.9 Å². The van der Waals surface area contributed by atoms with E-state index in [9.17, 15) is 9.59 Å². The lowest BCUT2D eigenvalue weighted by molar-refractivity contribution is 0.0572. The van der Waals surface area contributed by atoms with E-state index < -0.39 is 5.97 Å². The van der Waals surface area contributed by atoms with Gasteiger partial charge in [0.15, 0.2) is 0 Å². The summed E-state index contributed by atoms with van der Waals surface area (Å²) in [6.45, 7) is 3.39. The van der Waals surface area contributed by atoms with Crippen LogP contribution < -0.4 is 5.32 Å². The van der Waals surface area contributed by atoms with Crippen LogP contribution in [0.4, 0.5) is 0 Å². The molecule has 2 bridgehead atoms. The number of aromatic nitrogens is 3. The fourth-order valence-electron chi connectivity index (χ4n) is 8.44. The summed E-state index contributed by atoms with van der Waals surface area (Å²) in [6.07, 6.45) is 10.1. The third-order valence-corrected chi connectivity index (χ3v) is 10.7. The summed E-state index contributed by atoms with van der Waals surface area (Å²) in [7, 11) is 1.33. The Labute approximate surface area is 258 Å². The number of rotatable bonds is 7. The average Bonchev–Trinajstić information content (AvgIpc) is 3.58. The summed E-state index contributed by atoms with van der Waals surface area (Å²) in [5, 5.41) is 4.09. The molecule has 8 heteroatoms. The number of benzene rings is 2. The van der Waals surface area contributed by atoms with Crippen LogP contribution in [0.2, 0.25) is 0 Å². The maximum Gasteiger partial charge on any atom is 0.340 e. The van der Waals surface area contributed by atoms with Crippen LogP contribution in [0, 0.1) is 6.92 Å². The lowest BCUT2D eigenvalue weighted by Gasteiger charge is -2.46. The molecular weight excluding hydrogens is 550 g/mol. The van der Waals surface area contributed by atoms with Gasteiger partial charge in [0.1, 0.15) is 11.5 Å². The van der Waals surface area contributed by atoms with Gasteiger partial charge in [-0.1, -0.05) is 42.5 Å². The molecule has 3 aliphatic rings. The molecule has 8 nitrogen and oxygen atoms in total. The van der Waals surface area contributed by atoms with Crippen molar-refractivity contribution < 1.29 is 14.3 Å². The molecule has 3 atom stereocenters. The first-order valence-corrected chi connectivity index (χ1v) is 16.0. The van der Waals surface area contributed by atoms with Gasteiger partial charge in [0.25, 0.3) is 5.91 Å². The van der Waals surface area contributed by atoms with Crippen LogP contribution in [-0.4, -0.2) is 63.1 Å². The second kappa shape index (κ2) is 11.5. The molecule has 7 rings (SSSR count). The van der Waals surface area contributed by atoms with Crippen LogP contribution >= 0.6 is 0 Å². The number of carbonyl (C=O) groups is 2. The van der Waals surface area contributed by atoms with Gasteiger partial charge in [-0.15, -0.1) is 0 Å². The van der Waals surface area contributed by atoms with Gasteiger partial charge in [0, 0.05) is 36.9 Å². The molecule has 3 unspecified atom stereocenters. The van der Waals surface area contributed by atoms with Crippen LogP contribution in [0.1, 0.15) is 89.6 Å². The van der Waals surface area contributed by atoms with Crippen LogP contribution in [-0.2, 0) is 10.2 Å². The van der Waals surface area contributed by atoms with Crippen molar-refractivity contribution in [3.05, 3.63) is 95.6 Å². The number of imidazole rings is 1. The van der Waals surface area contributed by atoms with E-state index in [0.717, 1.165) is 49.9 Å². The van der Waals surface area contributed by atoms with Gasteiger partial charge in [-0.2, -0.15) is 0 Å². The monoisotopic (exact) mass is 591 g/mol. The lowest BCUT2D eigenvalue weighted by Crippen LogP contribution is -2.51. The normalized spacial score (nSPS) is 24.4. The molecular formula is C36H41N5O3. The highest BCUT2D eigenvalue weighted by molar-refractivity contribution is 6.03. The van der Waals surface area contributed by atoms with Crippen LogP contribution in [0.3, 0.4) is 0 Å². The molecule has 0 spiro atoms. The molecule has 1 amide bonds. The predicted octanol–water partition coefficient (Wildman–Crippen LogP) is 6.01. The summed E-state index contributed by atoms with van der Waals surface area (Å²) in [4.78, 5) is 37.0. The lowest BCUT2D eigenvalue weighted by atomic mass is 9.67. The number of fused-ring (bicyclic) bond motifs is 3. The Kier molecular flexibility index (Phi) is 7.49. The quantitative estimate of drug-likeness (QED) is 0.265. The number of hydrogen-bond acceptors (Lipinski definition) is 6. The third kappa shape index (κ3) is 5.09. The average molecular weight is 592 g/mol. The number of esters is 1. The number of nitrogens with one attached hydrogen (secondary N) is 1. The molecule has 0 radical (unpaired) electrons. The second-order valence-electron chi connectivity index (χ2n) is 13.1. The summed E-state index contributed by atoms with van der Waals surface area (Å²) >= 11 is 0. The summed E-state index contributed by atoms with van der Waals surface area (Å²) < 4.78 is 7.42. The molecule has 44 heavy (non-hydrogen) atoms. The zero-order valence-electron chi connectivity index (χ0n) is 25.7. The first-order chi connectivity index (χ1) is 21.4. The van der Waals surface area contributed by atoms with E-state index in [1.54, 1.807) is 18.3 Å². The number of methoxy groups -OCH3 is 1. The van der Waals surface area contributed by atoms with Gasteiger partial charge in [-0.05, 0) is 93.5 Å². The van der Waals surface area contributed by atoms with Crippen molar-refractivity contribution in [2.45, 2.75) is 81.3 Å². The molecule has 1 N–H and O–H groups in total. The number of aryl methyl sites for hydroxylation is 1. The molecule has 3 fully saturated rings.